The van der Waals surface area contributed by atoms with Gasteiger partial charge in [0.2, 0.25) is 5.76 Å². The molecule has 2 rings (SSSR count). The second kappa shape index (κ2) is 6.99. The van der Waals surface area contributed by atoms with Crippen LogP contribution in [-0.4, -0.2) is 23.7 Å². The molecule has 0 saturated carbocycles. The number of nitrogens with zero attached hydrogens (tertiary/aromatic N) is 1. The number of benzene rings is 1. The number of aromatic carboxylic acids is 1. The third kappa shape index (κ3) is 4.01. The van der Waals surface area contributed by atoms with Crippen molar-refractivity contribution in [2.24, 2.45) is 0 Å². The standard InChI is InChI=1S/C14H13FN2O4S/c15-10-3-1-9(2-4-10)5-6-16-14(20)17(22)11-7-12(13(18)19)21-8-11/h1-4,7-8,22H,5-6H2,(H,16,20)(H,18,19). The highest BCUT2D eigenvalue weighted by atomic mass is 32.1. The zero-order valence-electron chi connectivity index (χ0n) is 11.3. The number of carbonyl (C=O) groups is 2. The number of carboxylic acid groups (broad SMARTS) is 1. The van der Waals surface area contributed by atoms with E-state index >= 15 is 0 Å². The molecule has 0 radical (unpaired) electrons. The van der Waals surface area contributed by atoms with Crippen LogP contribution in [0.2, 0.25) is 0 Å². The van der Waals surface area contributed by atoms with Gasteiger partial charge in [0.05, 0.1) is 5.69 Å². The van der Waals surface area contributed by atoms with Crippen molar-refractivity contribution in [2.75, 3.05) is 10.8 Å². The summed E-state index contributed by atoms with van der Waals surface area (Å²) in [5, 5.41) is 11.4. The van der Waals surface area contributed by atoms with Crippen LogP contribution in [0.15, 0.2) is 41.0 Å². The third-order valence-electron chi connectivity index (χ3n) is 2.84. The monoisotopic (exact) mass is 324 g/mol. The molecule has 0 saturated heterocycles. The van der Waals surface area contributed by atoms with Crippen LogP contribution < -0.4 is 9.62 Å². The van der Waals surface area contributed by atoms with E-state index in [2.05, 4.69) is 18.1 Å². The largest absolute Gasteiger partial charge is 0.475 e. The van der Waals surface area contributed by atoms with Crippen LogP contribution >= 0.6 is 12.8 Å². The molecule has 0 atom stereocenters. The normalized spacial score (nSPS) is 10.3. The molecule has 1 aromatic heterocycles. The summed E-state index contributed by atoms with van der Waals surface area (Å²) in [6, 6.07) is 6.63. The lowest BCUT2D eigenvalue weighted by atomic mass is 10.1. The van der Waals surface area contributed by atoms with E-state index in [1.165, 1.54) is 18.2 Å². The highest BCUT2D eigenvalue weighted by Crippen LogP contribution is 2.20. The highest BCUT2D eigenvalue weighted by Gasteiger charge is 2.17. The summed E-state index contributed by atoms with van der Waals surface area (Å²) in [6.07, 6.45) is 1.65. The Morgan fingerprint density at radius 1 is 1.32 bits per heavy atom. The van der Waals surface area contributed by atoms with E-state index in [0.29, 0.717) is 13.0 Å². The zero-order chi connectivity index (χ0) is 16.1. The van der Waals surface area contributed by atoms with Crippen molar-refractivity contribution >= 4 is 30.5 Å². The molecule has 0 aliphatic heterocycles. The van der Waals surface area contributed by atoms with Crippen molar-refractivity contribution < 1.29 is 23.5 Å². The van der Waals surface area contributed by atoms with E-state index in [9.17, 15) is 14.0 Å². The molecule has 0 aliphatic rings. The first kappa shape index (κ1) is 15.9. The van der Waals surface area contributed by atoms with Crippen molar-refractivity contribution in [3.05, 3.63) is 53.7 Å². The number of hydrogen-bond acceptors (Lipinski definition) is 4. The molecule has 8 heteroatoms. The molecule has 6 nitrogen and oxygen atoms in total. The second-order valence-electron chi connectivity index (χ2n) is 4.39. The fourth-order valence-electron chi connectivity index (χ4n) is 1.71. The Hall–Kier alpha value is -2.48. The third-order valence-corrected chi connectivity index (χ3v) is 3.25. The zero-order valence-corrected chi connectivity index (χ0v) is 12.2. The van der Waals surface area contributed by atoms with Crippen LogP contribution in [0.5, 0.6) is 0 Å². The van der Waals surface area contributed by atoms with Gasteiger partial charge in [-0.3, -0.25) is 0 Å². The minimum atomic E-state index is -1.23. The van der Waals surface area contributed by atoms with Gasteiger partial charge in [0, 0.05) is 12.6 Å². The summed E-state index contributed by atoms with van der Waals surface area (Å²) in [5.41, 5.74) is 1.09. The SMILES string of the molecule is O=C(O)c1cc(N(S)C(=O)NCCc2ccc(F)cc2)co1. The van der Waals surface area contributed by atoms with Crippen molar-refractivity contribution in [3.63, 3.8) is 0 Å². The maximum absolute atomic E-state index is 12.8. The Labute approximate surface area is 131 Å². The maximum Gasteiger partial charge on any atom is 0.371 e. The lowest BCUT2D eigenvalue weighted by Crippen LogP contribution is -2.35. The molecule has 0 unspecified atom stereocenters. The fourth-order valence-corrected chi connectivity index (χ4v) is 1.88. The van der Waals surface area contributed by atoms with Gasteiger partial charge in [-0.05, 0) is 24.1 Å². The summed E-state index contributed by atoms with van der Waals surface area (Å²) in [6.45, 7) is 0.325. The Morgan fingerprint density at radius 2 is 2.00 bits per heavy atom. The molecule has 0 spiro atoms. The average molecular weight is 324 g/mol. The van der Waals surface area contributed by atoms with Crippen LogP contribution in [0.25, 0.3) is 0 Å². The molecular weight excluding hydrogens is 311 g/mol. The van der Waals surface area contributed by atoms with Gasteiger partial charge in [-0.2, -0.15) is 0 Å². The van der Waals surface area contributed by atoms with Crippen molar-refractivity contribution in [1.82, 2.24) is 5.32 Å². The van der Waals surface area contributed by atoms with Crippen molar-refractivity contribution in [3.8, 4) is 0 Å². The molecular formula is C14H13FN2O4S. The summed E-state index contributed by atoms with van der Waals surface area (Å²) in [4.78, 5) is 22.6. The molecule has 2 amide bonds. The van der Waals surface area contributed by atoms with Gasteiger partial charge < -0.3 is 14.8 Å². The number of carboxylic acids is 1. The molecule has 2 N–H and O–H groups in total. The number of thiol groups is 1. The van der Waals surface area contributed by atoms with Gasteiger partial charge in [-0.1, -0.05) is 24.9 Å². The van der Waals surface area contributed by atoms with E-state index in [0.717, 1.165) is 16.1 Å². The van der Waals surface area contributed by atoms with Crippen LogP contribution in [0, 0.1) is 5.82 Å². The first-order valence-corrected chi connectivity index (χ1v) is 6.70. The smallest absolute Gasteiger partial charge is 0.371 e. The molecule has 1 aromatic carbocycles. The van der Waals surface area contributed by atoms with Crippen LogP contribution in [0.4, 0.5) is 14.9 Å². The number of halogens is 1. The van der Waals surface area contributed by atoms with Gasteiger partial charge in [-0.25, -0.2) is 18.3 Å². The summed E-state index contributed by atoms with van der Waals surface area (Å²) in [7, 11) is 0. The van der Waals surface area contributed by atoms with Crippen LogP contribution in [0.3, 0.4) is 0 Å². The Balaban J connectivity index is 1.85. The molecule has 116 valence electrons. The molecule has 1 heterocycles. The van der Waals surface area contributed by atoms with Gasteiger partial charge in [0.15, 0.2) is 0 Å². The lowest BCUT2D eigenvalue weighted by molar-refractivity contribution is 0.0662. The first-order valence-electron chi connectivity index (χ1n) is 6.30. The Bertz CT molecular complexity index is 672. The number of carbonyl (C=O) groups excluding carboxylic acids is 1. The topological polar surface area (TPSA) is 82.8 Å². The molecule has 2 aromatic rings. The summed E-state index contributed by atoms with van der Waals surface area (Å²) in [5.74, 6) is -1.83. The Kier molecular flexibility index (Phi) is 5.05. The van der Waals surface area contributed by atoms with E-state index < -0.39 is 12.0 Å². The highest BCUT2D eigenvalue weighted by molar-refractivity contribution is 7.82. The average Bonchev–Trinajstić information content (AvgIpc) is 2.98. The van der Waals surface area contributed by atoms with E-state index in [-0.39, 0.29) is 17.3 Å². The number of hydrogen-bond donors (Lipinski definition) is 3. The van der Waals surface area contributed by atoms with Gasteiger partial charge in [0.25, 0.3) is 0 Å². The van der Waals surface area contributed by atoms with Gasteiger partial charge in [-0.15, -0.1) is 0 Å². The van der Waals surface area contributed by atoms with Crippen molar-refractivity contribution in [2.45, 2.75) is 6.42 Å². The number of urea groups is 1. The number of nitrogens with one attached hydrogen (secondary N) is 1. The predicted molar refractivity (Wildman–Crippen MR) is 80.6 cm³/mol. The first-order chi connectivity index (χ1) is 10.5. The minimum Gasteiger partial charge on any atom is -0.475 e. The van der Waals surface area contributed by atoms with Crippen LogP contribution in [0.1, 0.15) is 16.1 Å². The fraction of sp³-hybridized carbons (Fsp3) is 0.143. The Morgan fingerprint density at radius 3 is 2.59 bits per heavy atom. The van der Waals surface area contributed by atoms with E-state index in [1.807, 2.05) is 0 Å². The molecule has 22 heavy (non-hydrogen) atoms. The van der Waals surface area contributed by atoms with Gasteiger partial charge >= 0.3 is 12.0 Å². The van der Waals surface area contributed by atoms with E-state index in [1.54, 1.807) is 12.1 Å². The molecule has 0 bridgehead atoms. The van der Waals surface area contributed by atoms with Crippen LogP contribution in [-0.2, 0) is 6.42 Å². The van der Waals surface area contributed by atoms with Gasteiger partial charge in [0.1, 0.15) is 12.1 Å². The molecule has 0 fully saturated rings. The minimum absolute atomic E-state index is 0.208. The quantitative estimate of drug-likeness (QED) is 0.739. The van der Waals surface area contributed by atoms with Crippen molar-refractivity contribution in [1.29, 1.82) is 0 Å². The second-order valence-corrected chi connectivity index (χ2v) is 4.79. The van der Waals surface area contributed by atoms with E-state index in [4.69, 9.17) is 9.52 Å². The number of anilines is 1. The summed E-state index contributed by atoms with van der Waals surface area (Å²) >= 11 is 3.99. The maximum atomic E-state index is 12.8. The number of amides is 2. The predicted octanol–water partition coefficient (Wildman–Crippen LogP) is 2.72. The molecule has 0 aliphatic carbocycles. The lowest BCUT2D eigenvalue weighted by Gasteiger charge is -2.14. The number of rotatable bonds is 5. The number of furan rings is 1. The summed E-state index contributed by atoms with van der Waals surface area (Å²) < 4.78 is 18.5.